The third-order valence-corrected chi connectivity index (χ3v) is 7.83. The topological polar surface area (TPSA) is 171 Å². The van der Waals surface area contributed by atoms with E-state index in [0.717, 1.165) is 11.3 Å². The zero-order valence-electron chi connectivity index (χ0n) is 21.6. The molecule has 15 heteroatoms. The average molecular weight is 622 g/mol. The molecule has 1 aliphatic rings. The molecule has 216 valence electrons. The maximum absolute atomic E-state index is 13.8. The molecule has 4 rings (SSSR count). The van der Waals surface area contributed by atoms with E-state index in [1.807, 2.05) is 0 Å². The first kappa shape index (κ1) is 30.2. The molecule has 0 spiro atoms. The number of carbonyl (C=O) groups is 4. The van der Waals surface area contributed by atoms with Crippen LogP contribution in [0.2, 0.25) is 10.3 Å². The predicted molar refractivity (Wildman–Crippen MR) is 149 cm³/mol. The molecule has 4 N–H and O–H groups in total. The number of nitrogens with one attached hydrogen (secondary N) is 2. The van der Waals surface area contributed by atoms with Gasteiger partial charge < -0.3 is 20.1 Å². The highest BCUT2D eigenvalue weighted by Gasteiger charge is 2.51. The number of rotatable bonds is 11. The molecule has 41 heavy (non-hydrogen) atoms. The maximum Gasteiger partial charge on any atom is 0.309 e. The van der Waals surface area contributed by atoms with Crippen molar-refractivity contribution >= 4 is 63.4 Å². The molecule has 1 aliphatic heterocycles. The van der Waals surface area contributed by atoms with Gasteiger partial charge in [0.2, 0.25) is 11.8 Å². The summed E-state index contributed by atoms with van der Waals surface area (Å²) in [6.45, 7) is 1.81. The van der Waals surface area contributed by atoms with Crippen molar-refractivity contribution in [2.75, 3.05) is 11.9 Å². The molecule has 3 amide bonds. The molecule has 2 atom stereocenters. The van der Waals surface area contributed by atoms with E-state index in [2.05, 4.69) is 15.3 Å². The molecule has 1 unspecified atom stereocenters. The van der Waals surface area contributed by atoms with Crippen LogP contribution in [-0.4, -0.2) is 61.5 Å². The number of carboxylic acid groups (broad SMARTS) is 1. The van der Waals surface area contributed by atoms with Crippen molar-refractivity contribution in [1.82, 2.24) is 20.3 Å². The summed E-state index contributed by atoms with van der Waals surface area (Å²) < 4.78 is 5.83. The van der Waals surface area contributed by atoms with Gasteiger partial charge in [-0.25, -0.2) is 15.4 Å². The van der Waals surface area contributed by atoms with E-state index in [-0.39, 0.29) is 47.9 Å². The summed E-state index contributed by atoms with van der Waals surface area (Å²) >= 11 is 13.0. The minimum absolute atomic E-state index is 0.160. The summed E-state index contributed by atoms with van der Waals surface area (Å²) in [6.07, 6.45) is -0.333. The fraction of sp³-hybridized carbons (Fsp3) is 0.308. The largest absolute Gasteiger partial charge is 0.489 e. The van der Waals surface area contributed by atoms with Crippen molar-refractivity contribution < 1.29 is 34.2 Å². The summed E-state index contributed by atoms with van der Waals surface area (Å²) in [4.78, 5) is 59.3. The molecule has 0 aliphatic carbocycles. The number of hydrogen-bond donors (Lipinski definition) is 4. The highest BCUT2D eigenvalue weighted by Crippen LogP contribution is 2.41. The minimum atomic E-state index is -1.32. The zero-order valence-corrected chi connectivity index (χ0v) is 23.9. The minimum Gasteiger partial charge on any atom is -0.489 e. The van der Waals surface area contributed by atoms with Gasteiger partial charge in [-0.2, -0.15) is 0 Å². The van der Waals surface area contributed by atoms with Gasteiger partial charge >= 0.3 is 5.97 Å². The summed E-state index contributed by atoms with van der Waals surface area (Å²) in [5, 5.41) is 22.9. The highest BCUT2D eigenvalue weighted by atomic mass is 35.5. The van der Waals surface area contributed by atoms with Crippen LogP contribution >= 0.6 is 34.5 Å². The van der Waals surface area contributed by atoms with Crippen LogP contribution in [0.5, 0.6) is 5.75 Å². The van der Waals surface area contributed by atoms with Crippen molar-refractivity contribution in [2.45, 2.75) is 44.2 Å². The van der Waals surface area contributed by atoms with Gasteiger partial charge in [-0.15, -0.1) is 11.3 Å². The quantitative estimate of drug-likeness (QED) is 0.142. The van der Waals surface area contributed by atoms with Crippen molar-refractivity contribution in [3.63, 3.8) is 0 Å². The van der Waals surface area contributed by atoms with Crippen molar-refractivity contribution in [2.24, 2.45) is 0 Å². The van der Waals surface area contributed by atoms with E-state index in [9.17, 15) is 19.2 Å². The molecule has 0 radical (unpaired) electrons. The molecule has 0 bridgehead atoms. The van der Waals surface area contributed by atoms with Gasteiger partial charge in [0.05, 0.1) is 17.5 Å². The number of hydroxylamine groups is 1. The fourth-order valence-corrected chi connectivity index (χ4v) is 5.84. The van der Waals surface area contributed by atoms with Crippen LogP contribution in [-0.2, 0) is 37.6 Å². The lowest BCUT2D eigenvalue weighted by atomic mass is 9.76. The third kappa shape index (κ3) is 7.11. The number of ether oxygens (including phenoxy) is 1. The first-order chi connectivity index (χ1) is 19.5. The summed E-state index contributed by atoms with van der Waals surface area (Å²) in [7, 11) is 0. The lowest BCUT2D eigenvalue weighted by molar-refractivity contribution is -0.144. The number of benzene rings is 1. The normalized spacial score (nSPS) is 17.3. The number of aromatic nitrogens is 2. The first-order valence-corrected chi connectivity index (χ1v) is 13.9. The Labute approximate surface area is 248 Å². The van der Waals surface area contributed by atoms with Gasteiger partial charge in [0, 0.05) is 18.3 Å². The second kappa shape index (κ2) is 12.8. The second-order valence-electron chi connectivity index (χ2n) is 9.36. The van der Waals surface area contributed by atoms with Gasteiger partial charge in [0.1, 0.15) is 28.7 Å². The summed E-state index contributed by atoms with van der Waals surface area (Å²) in [5.74, 6) is -2.29. The van der Waals surface area contributed by atoms with Gasteiger partial charge in [0.15, 0.2) is 5.13 Å². The molecule has 0 saturated carbocycles. The molecule has 1 saturated heterocycles. The van der Waals surface area contributed by atoms with Gasteiger partial charge in [-0.05, 0) is 48.7 Å². The molecular weight excluding hydrogens is 597 g/mol. The monoisotopic (exact) mass is 621 g/mol. The van der Waals surface area contributed by atoms with E-state index < -0.39 is 35.1 Å². The Morgan fingerprint density at radius 2 is 1.85 bits per heavy atom. The van der Waals surface area contributed by atoms with E-state index in [1.54, 1.807) is 41.9 Å². The molecule has 3 aromatic rings. The van der Waals surface area contributed by atoms with Gasteiger partial charge in [-0.3, -0.25) is 24.4 Å². The van der Waals surface area contributed by atoms with Crippen LogP contribution in [0.1, 0.15) is 36.6 Å². The molecular formula is C26H25Cl2N5O7S. The van der Waals surface area contributed by atoms with E-state index in [0.29, 0.717) is 22.6 Å². The Morgan fingerprint density at radius 1 is 1.17 bits per heavy atom. The van der Waals surface area contributed by atoms with Crippen LogP contribution in [0.15, 0.2) is 41.8 Å². The first-order valence-electron chi connectivity index (χ1n) is 12.3. The number of anilines is 1. The molecule has 1 fully saturated rings. The maximum atomic E-state index is 13.8. The van der Waals surface area contributed by atoms with E-state index >= 15 is 0 Å². The smallest absolute Gasteiger partial charge is 0.309 e. The van der Waals surface area contributed by atoms with Gasteiger partial charge in [-0.1, -0.05) is 35.3 Å². The van der Waals surface area contributed by atoms with Crippen molar-refractivity contribution in [3.8, 4) is 5.75 Å². The Hall–Kier alpha value is -3.78. The second-order valence-corrected chi connectivity index (χ2v) is 11.0. The van der Waals surface area contributed by atoms with Crippen LogP contribution < -0.4 is 15.5 Å². The SMILES string of the molecule is C[C@H](C(=O)NO)N1CCC(CC(=O)Nc2nc(CC(=O)O)cs2)(c2ccc(OCc3cc(Cl)nc(Cl)c3)cc2)C1=O. The van der Waals surface area contributed by atoms with Gasteiger partial charge in [0.25, 0.3) is 5.91 Å². The Kier molecular flexibility index (Phi) is 9.43. The number of carbonyl (C=O) groups excluding carboxylic acids is 3. The van der Waals surface area contributed by atoms with Crippen LogP contribution in [0.4, 0.5) is 5.13 Å². The van der Waals surface area contributed by atoms with Crippen molar-refractivity contribution in [1.29, 1.82) is 0 Å². The average Bonchev–Trinajstić information content (AvgIpc) is 3.49. The highest BCUT2D eigenvalue weighted by molar-refractivity contribution is 7.13. The molecule has 2 aromatic heterocycles. The lowest BCUT2D eigenvalue weighted by Gasteiger charge is -2.30. The molecule has 3 heterocycles. The number of amides is 3. The number of likely N-dealkylation sites (tertiary alicyclic amines) is 1. The Bertz CT molecular complexity index is 1450. The number of nitrogens with zero attached hydrogens (tertiary/aromatic N) is 3. The third-order valence-electron chi connectivity index (χ3n) is 6.63. The van der Waals surface area contributed by atoms with E-state index in [4.69, 9.17) is 38.3 Å². The van der Waals surface area contributed by atoms with E-state index in [1.165, 1.54) is 17.2 Å². The fourth-order valence-electron chi connectivity index (χ4n) is 4.61. The number of halogens is 2. The standard InChI is InChI=1S/C26H25Cl2N5O7S/c1-14(23(37)32-39)33-7-6-26(24(33)38,11-21(34)31-25-29-17(13-41-25)10-22(35)36)16-2-4-18(5-3-16)40-12-15-8-19(27)30-20(28)9-15/h2-5,8-9,13-14,39H,6-7,10-12H2,1H3,(H,32,37)(H,35,36)(H,29,31,34)/t14-,26?/m1/s1. The number of thiazole rings is 1. The lowest BCUT2D eigenvalue weighted by Crippen LogP contribution is -2.48. The number of hydrogen-bond acceptors (Lipinski definition) is 9. The summed E-state index contributed by atoms with van der Waals surface area (Å²) in [5.41, 5.74) is 1.78. The predicted octanol–water partition coefficient (Wildman–Crippen LogP) is 3.44. The van der Waals surface area contributed by atoms with Crippen LogP contribution in [0.3, 0.4) is 0 Å². The van der Waals surface area contributed by atoms with Crippen LogP contribution in [0, 0.1) is 0 Å². The number of carboxylic acids is 1. The van der Waals surface area contributed by atoms with Crippen molar-refractivity contribution in [3.05, 3.63) is 68.9 Å². The summed E-state index contributed by atoms with van der Waals surface area (Å²) in [6, 6.07) is 8.96. The van der Waals surface area contributed by atoms with Crippen LogP contribution in [0.25, 0.3) is 0 Å². The number of pyridine rings is 1. The molecule has 12 nitrogen and oxygen atoms in total. The zero-order chi connectivity index (χ0) is 29.7. The number of aliphatic carboxylic acids is 1. The molecule has 1 aromatic carbocycles. The Balaban J connectivity index is 1.56. The Morgan fingerprint density at radius 3 is 2.49 bits per heavy atom.